The highest BCUT2D eigenvalue weighted by atomic mass is 16.4. The molecule has 1 aliphatic rings. The third-order valence-corrected chi connectivity index (χ3v) is 5.06. The van der Waals surface area contributed by atoms with Crippen LogP contribution in [0.15, 0.2) is 66.9 Å². The molecule has 1 aromatic heterocycles. The lowest BCUT2D eigenvalue weighted by Gasteiger charge is -2.16. The van der Waals surface area contributed by atoms with Gasteiger partial charge in [-0.25, -0.2) is 0 Å². The normalized spacial score (nSPS) is 12.7. The van der Waals surface area contributed by atoms with Gasteiger partial charge in [0, 0.05) is 29.4 Å². The monoisotopic (exact) mass is 401 g/mol. The maximum Gasteiger partial charge on any atom is 0.322 e. The van der Waals surface area contributed by atoms with E-state index < -0.39 is 18.4 Å². The summed E-state index contributed by atoms with van der Waals surface area (Å²) in [4.78, 5) is 41.4. The fraction of sp³-hybridized carbons (Fsp3) is 0.130. The molecule has 30 heavy (non-hydrogen) atoms. The van der Waals surface area contributed by atoms with Gasteiger partial charge in [-0.15, -0.1) is 0 Å². The summed E-state index contributed by atoms with van der Waals surface area (Å²) in [5.41, 5.74) is 3.44. The van der Waals surface area contributed by atoms with Gasteiger partial charge in [0.2, 0.25) is 5.91 Å². The first-order chi connectivity index (χ1) is 14.4. The summed E-state index contributed by atoms with van der Waals surface area (Å²) in [6.45, 7) is 3.59. The number of pyridine rings is 1. The predicted octanol–water partition coefficient (Wildman–Crippen LogP) is 2.61. The van der Waals surface area contributed by atoms with Crippen LogP contribution in [0.5, 0.6) is 0 Å². The highest BCUT2D eigenvalue weighted by molar-refractivity contribution is 6.05. The van der Waals surface area contributed by atoms with E-state index in [4.69, 9.17) is 5.11 Å². The highest BCUT2D eigenvalue weighted by Gasteiger charge is 2.30. The minimum absolute atomic E-state index is 0.0282. The van der Waals surface area contributed by atoms with E-state index in [2.05, 4.69) is 16.9 Å². The first-order valence-corrected chi connectivity index (χ1v) is 9.38. The lowest BCUT2D eigenvalue weighted by Crippen LogP contribution is -2.35. The second-order valence-corrected chi connectivity index (χ2v) is 7.08. The van der Waals surface area contributed by atoms with Gasteiger partial charge in [-0.1, -0.05) is 30.8 Å². The number of fused-ring (bicyclic) bond motifs is 3. The number of carboxylic acid groups (broad SMARTS) is 1. The molecule has 1 aliphatic heterocycles. The van der Waals surface area contributed by atoms with Crippen LogP contribution in [-0.4, -0.2) is 45.9 Å². The van der Waals surface area contributed by atoms with E-state index in [-0.39, 0.29) is 18.0 Å². The number of rotatable bonds is 6. The minimum Gasteiger partial charge on any atom is -0.480 e. The Bertz CT molecular complexity index is 1190. The van der Waals surface area contributed by atoms with Crippen LogP contribution in [-0.2, 0) is 16.1 Å². The maximum absolute atomic E-state index is 12.9. The van der Waals surface area contributed by atoms with E-state index in [0.717, 1.165) is 27.6 Å². The molecule has 2 aromatic carbocycles. The number of benzene rings is 2. The molecule has 2 N–H and O–H groups in total. The SMILES string of the molecule is C=C(CN1Cc2c(ccc3ccc(-c4ccccn4)cc23)C1=O)C(=O)NCC(=O)O. The zero-order valence-electron chi connectivity index (χ0n) is 16.1. The van der Waals surface area contributed by atoms with Crippen molar-refractivity contribution >= 4 is 28.6 Å². The summed E-state index contributed by atoms with van der Waals surface area (Å²) >= 11 is 0. The van der Waals surface area contributed by atoms with Crippen LogP contribution in [0.4, 0.5) is 0 Å². The molecule has 0 unspecified atom stereocenters. The first-order valence-electron chi connectivity index (χ1n) is 9.38. The second kappa shape index (κ2) is 7.79. The first kappa shape index (κ1) is 19.3. The zero-order valence-corrected chi connectivity index (χ0v) is 16.1. The zero-order chi connectivity index (χ0) is 21.3. The van der Waals surface area contributed by atoms with Gasteiger partial charge in [-0.2, -0.15) is 0 Å². The fourth-order valence-corrected chi connectivity index (χ4v) is 3.59. The van der Waals surface area contributed by atoms with E-state index in [1.165, 1.54) is 0 Å². The smallest absolute Gasteiger partial charge is 0.322 e. The average Bonchev–Trinajstić information content (AvgIpc) is 3.08. The predicted molar refractivity (Wildman–Crippen MR) is 112 cm³/mol. The Morgan fingerprint density at radius 3 is 2.70 bits per heavy atom. The Balaban J connectivity index is 1.60. The molecule has 0 saturated carbocycles. The summed E-state index contributed by atoms with van der Waals surface area (Å²) < 4.78 is 0. The largest absolute Gasteiger partial charge is 0.480 e. The summed E-state index contributed by atoms with van der Waals surface area (Å²) in [7, 11) is 0. The molecule has 7 nitrogen and oxygen atoms in total. The number of amides is 2. The van der Waals surface area contributed by atoms with Crippen molar-refractivity contribution < 1.29 is 19.5 Å². The van der Waals surface area contributed by atoms with Gasteiger partial charge in [0.15, 0.2) is 0 Å². The van der Waals surface area contributed by atoms with Crippen molar-refractivity contribution in [2.75, 3.05) is 13.1 Å². The molecule has 0 saturated heterocycles. The van der Waals surface area contributed by atoms with Crippen LogP contribution < -0.4 is 5.32 Å². The lowest BCUT2D eigenvalue weighted by atomic mass is 9.98. The van der Waals surface area contributed by atoms with Crippen molar-refractivity contribution in [1.82, 2.24) is 15.2 Å². The van der Waals surface area contributed by atoms with Gasteiger partial charge in [-0.05, 0) is 40.6 Å². The number of nitrogens with one attached hydrogen (secondary N) is 1. The highest BCUT2D eigenvalue weighted by Crippen LogP contribution is 2.33. The number of carboxylic acids is 1. The van der Waals surface area contributed by atoms with Crippen molar-refractivity contribution in [3.63, 3.8) is 0 Å². The second-order valence-electron chi connectivity index (χ2n) is 7.08. The minimum atomic E-state index is -1.14. The van der Waals surface area contributed by atoms with Crippen LogP contribution >= 0.6 is 0 Å². The molecule has 0 bridgehead atoms. The molecular formula is C23H19N3O4. The van der Waals surface area contributed by atoms with Crippen LogP contribution in [0.2, 0.25) is 0 Å². The number of carbonyl (C=O) groups is 3. The van der Waals surface area contributed by atoms with Crippen molar-refractivity contribution in [2.45, 2.75) is 6.54 Å². The number of hydrogen-bond donors (Lipinski definition) is 2. The molecule has 7 heteroatoms. The molecule has 0 radical (unpaired) electrons. The van der Waals surface area contributed by atoms with Crippen LogP contribution in [0.25, 0.3) is 22.0 Å². The van der Waals surface area contributed by atoms with Crippen LogP contribution in [0.1, 0.15) is 15.9 Å². The van der Waals surface area contributed by atoms with Crippen molar-refractivity contribution in [1.29, 1.82) is 0 Å². The standard InChI is InChI=1S/C23H19N3O4/c1-14(22(29)25-11-21(27)28)12-26-13-19-17(23(26)30)8-7-15-5-6-16(10-18(15)19)20-4-2-3-9-24-20/h2-10H,1,11-13H2,(H,25,29)(H,27,28). The number of carbonyl (C=O) groups excluding carboxylic acids is 2. The quantitative estimate of drug-likeness (QED) is 0.619. The molecule has 0 atom stereocenters. The van der Waals surface area contributed by atoms with E-state index in [1.54, 1.807) is 17.2 Å². The molecule has 0 spiro atoms. The van der Waals surface area contributed by atoms with E-state index in [1.807, 2.05) is 42.5 Å². The fourth-order valence-electron chi connectivity index (χ4n) is 3.59. The average molecular weight is 401 g/mol. The Labute approximate surface area is 172 Å². The Morgan fingerprint density at radius 2 is 1.97 bits per heavy atom. The molecule has 2 amide bonds. The van der Waals surface area contributed by atoms with Crippen molar-refractivity contribution in [3.05, 3.63) is 78.0 Å². The van der Waals surface area contributed by atoms with Crippen molar-refractivity contribution in [3.8, 4) is 11.3 Å². The van der Waals surface area contributed by atoms with E-state index in [0.29, 0.717) is 12.1 Å². The number of nitrogens with zero attached hydrogens (tertiary/aromatic N) is 2. The lowest BCUT2D eigenvalue weighted by molar-refractivity contribution is -0.137. The summed E-state index contributed by atoms with van der Waals surface area (Å²) in [5, 5.41) is 12.9. The van der Waals surface area contributed by atoms with Crippen LogP contribution in [0.3, 0.4) is 0 Å². The summed E-state index contributed by atoms with van der Waals surface area (Å²) in [6.07, 6.45) is 1.74. The molecule has 2 heterocycles. The number of aromatic nitrogens is 1. The Morgan fingerprint density at radius 1 is 1.17 bits per heavy atom. The molecular weight excluding hydrogens is 382 g/mol. The van der Waals surface area contributed by atoms with Crippen LogP contribution in [0, 0.1) is 0 Å². The number of aliphatic carboxylic acids is 1. The summed E-state index contributed by atoms with van der Waals surface area (Å²) in [5.74, 6) is -1.90. The molecule has 3 aromatic rings. The van der Waals surface area contributed by atoms with Gasteiger partial charge in [0.1, 0.15) is 6.54 Å². The third-order valence-electron chi connectivity index (χ3n) is 5.06. The van der Waals surface area contributed by atoms with E-state index >= 15 is 0 Å². The third kappa shape index (κ3) is 3.65. The van der Waals surface area contributed by atoms with Gasteiger partial charge in [0.05, 0.1) is 12.2 Å². The Kier molecular flexibility index (Phi) is 5.02. The maximum atomic E-state index is 12.9. The van der Waals surface area contributed by atoms with Gasteiger partial charge in [0.25, 0.3) is 5.91 Å². The molecule has 4 rings (SSSR count). The van der Waals surface area contributed by atoms with Gasteiger partial charge >= 0.3 is 5.97 Å². The topological polar surface area (TPSA) is 99.6 Å². The van der Waals surface area contributed by atoms with E-state index in [9.17, 15) is 14.4 Å². The molecule has 150 valence electrons. The molecule has 0 aliphatic carbocycles. The number of hydrogen-bond acceptors (Lipinski definition) is 4. The summed E-state index contributed by atoms with van der Waals surface area (Å²) in [6, 6.07) is 15.5. The van der Waals surface area contributed by atoms with Gasteiger partial charge in [-0.3, -0.25) is 19.4 Å². The van der Waals surface area contributed by atoms with Gasteiger partial charge < -0.3 is 15.3 Å². The Hall–Kier alpha value is -4.00. The molecule has 0 fully saturated rings. The van der Waals surface area contributed by atoms with Crippen molar-refractivity contribution in [2.24, 2.45) is 0 Å².